The molecule has 1 unspecified atom stereocenters. The summed E-state index contributed by atoms with van der Waals surface area (Å²) in [6, 6.07) is 0.173. The quantitative estimate of drug-likeness (QED) is 0.828. The van der Waals surface area contributed by atoms with Crippen LogP contribution in [0.25, 0.3) is 0 Å². The first-order valence-electron chi connectivity index (χ1n) is 6.44. The second-order valence-corrected chi connectivity index (χ2v) is 5.04. The lowest BCUT2D eigenvalue weighted by molar-refractivity contribution is 0.194. The third-order valence-electron chi connectivity index (χ3n) is 3.93. The molecule has 4 nitrogen and oxygen atoms in total. The van der Waals surface area contributed by atoms with Gasteiger partial charge in [-0.15, -0.1) is 0 Å². The maximum absolute atomic E-state index is 9.32. The number of aliphatic hydroxyl groups is 1. The summed E-state index contributed by atoms with van der Waals surface area (Å²) in [4.78, 5) is 4.67. The zero-order valence-corrected chi connectivity index (χ0v) is 9.60. The van der Waals surface area contributed by atoms with E-state index in [9.17, 15) is 5.11 Å². The van der Waals surface area contributed by atoms with Crippen LogP contribution in [0.5, 0.6) is 0 Å². The van der Waals surface area contributed by atoms with Crippen LogP contribution in [0.1, 0.15) is 62.1 Å². The Bertz CT molecular complexity index is 368. The Labute approximate surface area is 95.7 Å². The van der Waals surface area contributed by atoms with E-state index in [0.717, 1.165) is 30.9 Å². The average Bonchev–Trinajstić information content (AvgIpc) is 2.96. The first-order valence-corrected chi connectivity index (χ1v) is 6.44. The molecule has 1 atom stereocenters. The molecular weight excluding hydrogens is 202 g/mol. The van der Waals surface area contributed by atoms with Crippen molar-refractivity contribution in [1.82, 2.24) is 14.8 Å². The summed E-state index contributed by atoms with van der Waals surface area (Å²) in [5.74, 6) is 2.71. The maximum atomic E-state index is 9.32. The summed E-state index contributed by atoms with van der Waals surface area (Å²) < 4.78 is 1.98. The Hall–Kier alpha value is -0.900. The lowest BCUT2D eigenvalue weighted by Gasteiger charge is -2.20. The van der Waals surface area contributed by atoms with E-state index in [1.54, 1.807) is 0 Å². The van der Waals surface area contributed by atoms with Crippen LogP contribution < -0.4 is 0 Å². The van der Waals surface area contributed by atoms with E-state index in [2.05, 4.69) is 10.1 Å². The highest BCUT2D eigenvalue weighted by atomic mass is 16.3. The Kier molecular flexibility index (Phi) is 2.67. The summed E-state index contributed by atoms with van der Waals surface area (Å²) in [6.07, 6.45) is 8.32. The van der Waals surface area contributed by atoms with Crippen molar-refractivity contribution in [1.29, 1.82) is 0 Å². The lowest BCUT2D eigenvalue weighted by Crippen LogP contribution is -2.22. The minimum atomic E-state index is 0.173. The molecule has 16 heavy (non-hydrogen) atoms. The number of aryl methyl sites for hydroxylation is 1. The van der Waals surface area contributed by atoms with Crippen LogP contribution in [0.3, 0.4) is 0 Å². The monoisotopic (exact) mass is 221 g/mol. The molecule has 88 valence electrons. The van der Waals surface area contributed by atoms with E-state index in [1.807, 2.05) is 4.68 Å². The largest absolute Gasteiger partial charge is 0.394 e. The van der Waals surface area contributed by atoms with Crippen LogP contribution in [0, 0.1) is 0 Å². The molecule has 3 rings (SSSR count). The highest BCUT2D eigenvalue weighted by Gasteiger charge is 2.27. The van der Waals surface area contributed by atoms with Crippen molar-refractivity contribution in [2.24, 2.45) is 0 Å². The fraction of sp³-hybridized carbons (Fsp3) is 0.833. The molecule has 1 aliphatic heterocycles. The van der Waals surface area contributed by atoms with Gasteiger partial charge in [0.1, 0.15) is 5.82 Å². The van der Waals surface area contributed by atoms with E-state index in [0.29, 0.717) is 5.92 Å². The molecule has 1 N–H and O–H groups in total. The predicted molar refractivity (Wildman–Crippen MR) is 60.3 cm³/mol. The van der Waals surface area contributed by atoms with E-state index >= 15 is 0 Å². The van der Waals surface area contributed by atoms with Crippen LogP contribution in [0.4, 0.5) is 0 Å². The summed E-state index contributed by atoms with van der Waals surface area (Å²) in [7, 11) is 0. The SMILES string of the molecule is OCC1CCCc2nc(C3CCCC3)nn21. The number of nitrogens with zero attached hydrogens (tertiary/aromatic N) is 3. The van der Waals surface area contributed by atoms with Gasteiger partial charge in [0.2, 0.25) is 0 Å². The van der Waals surface area contributed by atoms with E-state index in [-0.39, 0.29) is 12.6 Å². The average molecular weight is 221 g/mol. The van der Waals surface area contributed by atoms with Gasteiger partial charge >= 0.3 is 0 Å². The molecule has 2 heterocycles. The molecule has 0 spiro atoms. The van der Waals surface area contributed by atoms with Gasteiger partial charge in [-0.1, -0.05) is 12.8 Å². The Balaban J connectivity index is 1.89. The predicted octanol–water partition coefficient (Wildman–Crippen LogP) is 1.81. The van der Waals surface area contributed by atoms with Gasteiger partial charge in [-0.05, 0) is 25.7 Å². The number of fused-ring (bicyclic) bond motifs is 1. The number of rotatable bonds is 2. The summed E-state index contributed by atoms with van der Waals surface area (Å²) in [5, 5.41) is 14.0. The van der Waals surface area contributed by atoms with Gasteiger partial charge in [-0.2, -0.15) is 5.10 Å². The molecule has 0 aromatic carbocycles. The van der Waals surface area contributed by atoms with Crippen LogP contribution in [0.2, 0.25) is 0 Å². The van der Waals surface area contributed by atoms with Gasteiger partial charge in [-0.3, -0.25) is 0 Å². The van der Waals surface area contributed by atoms with E-state index in [1.165, 1.54) is 25.7 Å². The molecule has 1 fully saturated rings. The molecule has 4 heteroatoms. The van der Waals surface area contributed by atoms with Gasteiger partial charge in [0.05, 0.1) is 12.6 Å². The van der Waals surface area contributed by atoms with Gasteiger partial charge in [0, 0.05) is 12.3 Å². The highest BCUT2D eigenvalue weighted by Crippen LogP contribution is 2.33. The highest BCUT2D eigenvalue weighted by molar-refractivity contribution is 5.04. The molecule has 0 amide bonds. The van der Waals surface area contributed by atoms with E-state index < -0.39 is 0 Å². The summed E-state index contributed by atoms with van der Waals surface area (Å²) >= 11 is 0. The van der Waals surface area contributed by atoms with Crippen molar-refractivity contribution in [3.05, 3.63) is 11.6 Å². The molecule has 2 aliphatic rings. The fourth-order valence-corrected chi connectivity index (χ4v) is 2.98. The second kappa shape index (κ2) is 4.17. The normalized spacial score (nSPS) is 25.9. The first-order chi connectivity index (χ1) is 7.88. The molecule has 1 aliphatic carbocycles. The van der Waals surface area contributed by atoms with E-state index in [4.69, 9.17) is 0 Å². The molecule has 1 aromatic heterocycles. The van der Waals surface area contributed by atoms with Crippen LogP contribution >= 0.6 is 0 Å². The Morgan fingerprint density at radius 3 is 2.75 bits per heavy atom. The Morgan fingerprint density at radius 1 is 1.19 bits per heavy atom. The molecular formula is C12H19N3O. The van der Waals surface area contributed by atoms with Gasteiger partial charge in [0.15, 0.2) is 5.82 Å². The Morgan fingerprint density at radius 2 is 2.00 bits per heavy atom. The minimum Gasteiger partial charge on any atom is -0.394 e. The van der Waals surface area contributed by atoms with Crippen molar-refractivity contribution in [3.63, 3.8) is 0 Å². The molecule has 1 aromatic rings. The number of aromatic nitrogens is 3. The molecule has 0 bridgehead atoms. The van der Waals surface area contributed by atoms with Crippen molar-refractivity contribution in [3.8, 4) is 0 Å². The zero-order valence-electron chi connectivity index (χ0n) is 9.60. The van der Waals surface area contributed by atoms with Crippen LogP contribution in [-0.2, 0) is 6.42 Å². The van der Waals surface area contributed by atoms with Crippen LogP contribution in [0.15, 0.2) is 0 Å². The number of hydrogen-bond acceptors (Lipinski definition) is 3. The standard InChI is InChI=1S/C12H19N3O/c16-8-10-6-3-7-11-13-12(14-15(10)11)9-4-1-2-5-9/h9-10,16H,1-8H2. The third kappa shape index (κ3) is 1.65. The van der Waals surface area contributed by atoms with Crippen molar-refractivity contribution in [2.75, 3.05) is 6.61 Å². The van der Waals surface area contributed by atoms with Crippen LogP contribution in [-0.4, -0.2) is 26.5 Å². The maximum Gasteiger partial charge on any atom is 0.154 e. The second-order valence-electron chi connectivity index (χ2n) is 5.04. The minimum absolute atomic E-state index is 0.173. The third-order valence-corrected chi connectivity index (χ3v) is 3.93. The fourth-order valence-electron chi connectivity index (χ4n) is 2.98. The van der Waals surface area contributed by atoms with Crippen molar-refractivity contribution < 1.29 is 5.11 Å². The van der Waals surface area contributed by atoms with Gasteiger partial charge < -0.3 is 5.11 Å². The molecule has 1 saturated carbocycles. The molecule has 0 radical (unpaired) electrons. The smallest absolute Gasteiger partial charge is 0.154 e. The van der Waals surface area contributed by atoms with Crippen molar-refractivity contribution in [2.45, 2.75) is 56.9 Å². The molecule has 0 saturated heterocycles. The lowest BCUT2D eigenvalue weighted by atomic mass is 10.1. The summed E-state index contributed by atoms with van der Waals surface area (Å²) in [6.45, 7) is 0.195. The summed E-state index contributed by atoms with van der Waals surface area (Å²) in [5.41, 5.74) is 0. The zero-order chi connectivity index (χ0) is 11.0. The van der Waals surface area contributed by atoms with Crippen molar-refractivity contribution >= 4 is 0 Å². The topological polar surface area (TPSA) is 50.9 Å². The number of aliphatic hydroxyl groups excluding tert-OH is 1. The number of hydrogen-bond donors (Lipinski definition) is 1. The van der Waals surface area contributed by atoms with Gasteiger partial charge in [-0.25, -0.2) is 9.67 Å². The van der Waals surface area contributed by atoms with Gasteiger partial charge in [0.25, 0.3) is 0 Å². The first kappa shape index (κ1) is 10.3.